The van der Waals surface area contributed by atoms with Crippen LogP contribution in [0.2, 0.25) is 0 Å². The van der Waals surface area contributed by atoms with Crippen molar-refractivity contribution in [1.29, 1.82) is 0 Å². The van der Waals surface area contributed by atoms with E-state index in [9.17, 15) is 52.7 Å². The first-order valence-electron chi connectivity index (χ1n) is 17.5. The van der Waals surface area contributed by atoms with Gasteiger partial charge in [-0.25, -0.2) is 87.8 Å². The van der Waals surface area contributed by atoms with Crippen LogP contribution in [-0.4, -0.2) is 6.15 Å². The average molecular weight is 1080 g/mol. The van der Waals surface area contributed by atoms with Crippen LogP contribution in [-0.2, 0) is 10.8 Å². The summed E-state index contributed by atoms with van der Waals surface area (Å²) in [5.41, 5.74) is -13.7. The zero-order valence-corrected chi connectivity index (χ0v) is 36.4. The molecule has 0 N–H and O–H groups in total. The van der Waals surface area contributed by atoms with E-state index in [1.54, 1.807) is 5.77 Å². The Balaban J connectivity index is 0.000000337. The Hall–Kier alpha value is -4.33. The number of rotatable bonds is 6. The predicted octanol–water partition coefficient (Wildman–Crippen LogP) is 8.38. The molecule has 2 heterocycles. The van der Waals surface area contributed by atoms with Crippen LogP contribution in [0.1, 0.15) is 51.3 Å². The third-order valence-corrected chi connectivity index (χ3v) is 16.3. The lowest BCUT2D eigenvalue weighted by Gasteiger charge is -2.44. The maximum Gasteiger partial charge on any atom is 0.381 e. The topological polar surface area (TPSA) is 0 Å². The average Bonchev–Trinajstić information content (AvgIpc) is 3.92. The summed E-state index contributed by atoms with van der Waals surface area (Å²) in [6.45, 7) is 13.8. The van der Waals surface area contributed by atoms with E-state index in [1.165, 1.54) is 9.75 Å². The van der Waals surface area contributed by atoms with E-state index in [2.05, 4.69) is 65.8 Å². The van der Waals surface area contributed by atoms with Crippen molar-refractivity contribution in [2.24, 2.45) is 0 Å². The molecule has 0 unspecified atom stereocenters. The highest BCUT2D eigenvalue weighted by Crippen LogP contribution is 2.32. The molecule has 64 heavy (non-hydrogen) atoms. The molecule has 0 nitrogen and oxygen atoms in total. The highest BCUT2D eigenvalue weighted by Gasteiger charge is 2.52. The zero-order valence-electron chi connectivity index (χ0n) is 32.6. The van der Waals surface area contributed by atoms with Gasteiger partial charge in [-0.15, -0.1) is 21.9 Å². The van der Waals surface area contributed by atoms with Crippen molar-refractivity contribution in [1.82, 2.24) is 0 Å². The monoisotopic (exact) mass is 1080 g/mol. The molecule has 344 valence electrons. The van der Waals surface area contributed by atoms with Gasteiger partial charge in [0.2, 0.25) is 5.77 Å². The van der Waals surface area contributed by atoms with Crippen molar-refractivity contribution in [2.75, 3.05) is 0 Å². The largest absolute Gasteiger partial charge is 0.381 e. The molecule has 0 bridgehead atoms. The number of thiophene rings is 2. The minimum absolute atomic E-state index is 0.0107. The van der Waals surface area contributed by atoms with Gasteiger partial charge >= 0.3 is 21.2 Å². The summed E-state index contributed by atoms with van der Waals surface area (Å²) in [4.78, 5) is 3.02. The molecule has 0 saturated carbocycles. The summed E-state index contributed by atoms with van der Waals surface area (Å²) in [5, 5.41) is 0. The van der Waals surface area contributed by atoms with Gasteiger partial charge < -0.3 is 0 Å². The lowest BCUT2D eigenvalue weighted by atomic mass is 9.12. The van der Waals surface area contributed by atoms with Crippen molar-refractivity contribution in [2.45, 2.75) is 52.4 Å². The number of benzene rings is 4. The third-order valence-electron chi connectivity index (χ3n) is 9.52. The molecule has 0 aliphatic rings. The quantitative estimate of drug-likeness (QED) is 0.0518. The Morgan fingerprint density at radius 2 is 0.469 bits per heavy atom. The summed E-state index contributed by atoms with van der Waals surface area (Å²) in [7, 11) is 0. The second-order valence-electron chi connectivity index (χ2n) is 15.6. The molecule has 6 aromatic rings. The van der Waals surface area contributed by atoms with E-state index in [0.717, 1.165) is 0 Å². The number of hydrogen-bond donors (Lipinski definition) is 0. The second-order valence-corrected chi connectivity index (χ2v) is 22.1. The molecular weight excluding hydrogens is 1060 g/mol. The van der Waals surface area contributed by atoms with Crippen LogP contribution in [0.25, 0.3) is 0 Å². The maximum atomic E-state index is 15.4. The highest BCUT2D eigenvalue weighted by molar-refractivity contribution is 7.20. The molecule has 0 amide bonds. The van der Waals surface area contributed by atoms with Gasteiger partial charge in [0.15, 0.2) is 69.8 Å². The van der Waals surface area contributed by atoms with Gasteiger partial charge in [0.1, 0.15) is 52.7 Å². The van der Waals surface area contributed by atoms with Crippen molar-refractivity contribution >= 4 is 50.7 Å². The molecule has 0 spiro atoms. The number of hydrogen-bond acceptors (Lipinski definition) is 2. The van der Waals surface area contributed by atoms with Crippen molar-refractivity contribution in [3.05, 3.63) is 156 Å². The Kier molecular flexibility index (Phi) is 14.1. The summed E-state index contributed by atoms with van der Waals surface area (Å²) in [6, 6.07) is 9.32. The van der Waals surface area contributed by atoms with Gasteiger partial charge in [0.05, 0.1) is 0 Å². The first-order valence-corrected chi connectivity index (χ1v) is 21.2. The van der Waals surface area contributed by atoms with Gasteiger partial charge in [0.25, 0.3) is 0 Å². The first-order chi connectivity index (χ1) is 29.4. The molecule has 0 atom stereocenters. The van der Waals surface area contributed by atoms with Crippen LogP contribution in [0, 0.1) is 122 Å². The molecule has 6 rings (SSSR count). The Bertz CT molecular complexity index is 2410. The molecule has 4 aromatic carbocycles. The lowest BCUT2D eigenvalue weighted by molar-refractivity contribution is -0.585. The fraction of sp³-hybridized carbons (Fsp3) is 0.200. The fourth-order valence-electron chi connectivity index (χ4n) is 6.50. The van der Waals surface area contributed by atoms with Gasteiger partial charge in [0, 0.05) is 21.9 Å². The van der Waals surface area contributed by atoms with E-state index in [1.807, 2.05) is 22.7 Å². The molecule has 0 aliphatic carbocycles. The summed E-state index contributed by atoms with van der Waals surface area (Å²) in [6.07, 6.45) is -7.22. The van der Waals surface area contributed by atoms with Crippen molar-refractivity contribution in [3.8, 4) is 0 Å². The van der Waals surface area contributed by atoms with Crippen molar-refractivity contribution < 1.29 is 109 Å². The first kappa shape index (κ1) is 50.7. The second kappa shape index (κ2) is 17.8. The summed E-state index contributed by atoms with van der Waals surface area (Å²) < 4.78 is 297. The molecule has 24 heteroatoms. The van der Waals surface area contributed by atoms with Gasteiger partial charge in [-0.05, 0) is 23.0 Å². The fourth-order valence-corrected chi connectivity index (χ4v) is 12.9. The van der Waals surface area contributed by atoms with Crippen LogP contribution in [0.15, 0.2) is 24.3 Å². The van der Waals surface area contributed by atoms with Crippen molar-refractivity contribution in [3.63, 3.8) is 0 Å². The van der Waals surface area contributed by atoms with Crippen LogP contribution in [0.5, 0.6) is 0 Å². The van der Waals surface area contributed by atoms with E-state index < -0.39 is 144 Å². The Morgan fingerprint density at radius 3 is 0.625 bits per heavy atom. The Morgan fingerprint density at radius 1 is 0.297 bits per heavy atom. The molecule has 0 saturated heterocycles. The normalized spacial score (nSPS) is 12.3. The SMILES string of the molecule is CC(C)(C)c1ccc([I+]c2ccc(C(C)(C)C)s2)s1.Fc1c(F)c(F)c([B-](c2c(F)c(F)c(F)c(F)c2F)(c2c(F)c(F)c(F)c(F)c2F)c2c(F)c(F)c(F)c(F)c2F)c(F)c1F. The van der Waals surface area contributed by atoms with E-state index in [4.69, 9.17) is 0 Å². The van der Waals surface area contributed by atoms with E-state index >= 15 is 35.1 Å². The third kappa shape index (κ3) is 8.27. The van der Waals surface area contributed by atoms with Crippen LogP contribution < -0.4 is 43.1 Å². The molecule has 2 aromatic heterocycles. The lowest BCUT2D eigenvalue weighted by Crippen LogP contribution is -3.61. The van der Waals surface area contributed by atoms with E-state index in [-0.39, 0.29) is 21.2 Å². The Labute approximate surface area is 366 Å². The molecule has 0 fully saturated rings. The van der Waals surface area contributed by atoms with Crippen LogP contribution >= 0.6 is 22.7 Å². The minimum Gasteiger partial charge on any atom is -0.207 e. The van der Waals surface area contributed by atoms with Crippen LogP contribution in [0.3, 0.4) is 0 Å². The smallest absolute Gasteiger partial charge is 0.207 e. The van der Waals surface area contributed by atoms with Gasteiger partial charge in [-0.3, -0.25) is 0 Å². The molecular formula is C40H22BF20IS2. The minimum atomic E-state index is -7.22. The van der Waals surface area contributed by atoms with Crippen LogP contribution in [0.4, 0.5) is 87.8 Å². The van der Waals surface area contributed by atoms with Gasteiger partial charge in [-0.2, -0.15) is 0 Å². The zero-order chi connectivity index (χ0) is 48.6. The standard InChI is InChI=1S/C24BF20.C16H22IS2/c26-5-1(6(27)14(35)21(42)13(5)34)25(2-7(28)15(36)22(43)16(37)8(2)29,3-9(30)17(38)23(44)18(39)10(3)31)4-11(32)19(40)24(45)20(41)12(4)33;1-15(2,3)11-7-9-13(18-11)17-14-10-8-12(19-14)16(4,5)6/h;7-10H,1-6H3/q-1;+1. The number of halogens is 21. The molecule has 0 aliphatic heterocycles. The predicted molar refractivity (Wildman–Crippen MR) is 193 cm³/mol. The summed E-state index contributed by atoms with van der Waals surface area (Å²) >= 11 is 4.02. The summed E-state index contributed by atoms with van der Waals surface area (Å²) in [5.74, 6) is -71.4. The maximum absolute atomic E-state index is 15.4. The van der Waals surface area contributed by atoms with E-state index in [0.29, 0.717) is 10.8 Å². The molecule has 0 radical (unpaired) electrons. The van der Waals surface area contributed by atoms with Gasteiger partial charge in [-0.1, -0.05) is 64.2 Å². The highest BCUT2D eigenvalue weighted by atomic mass is 127.